The van der Waals surface area contributed by atoms with Crippen LogP contribution in [0.3, 0.4) is 0 Å². The van der Waals surface area contributed by atoms with Gasteiger partial charge in [0.25, 0.3) is 10.0 Å². The van der Waals surface area contributed by atoms with Crippen molar-refractivity contribution in [2.75, 3.05) is 6.54 Å². The molecular formula is C23H18ClN3O2S. The first-order valence-electron chi connectivity index (χ1n) is 9.41. The maximum Gasteiger partial charge on any atom is 0.279 e. The summed E-state index contributed by atoms with van der Waals surface area (Å²) < 4.78 is 27.5. The molecule has 4 rings (SSSR count). The molecule has 0 amide bonds. The fourth-order valence-corrected chi connectivity index (χ4v) is 4.89. The van der Waals surface area contributed by atoms with Crippen molar-refractivity contribution in [2.24, 2.45) is 5.10 Å². The molecule has 7 heteroatoms. The van der Waals surface area contributed by atoms with Gasteiger partial charge in [-0.2, -0.15) is 23.2 Å². The van der Waals surface area contributed by atoms with Gasteiger partial charge in [-0.15, -0.1) is 0 Å². The highest BCUT2D eigenvalue weighted by atomic mass is 35.5. The number of rotatable bonds is 4. The summed E-state index contributed by atoms with van der Waals surface area (Å²) in [6, 6.07) is 25.1. The summed E-state index contributed by atoms with van der Waals surface area (Å²) in [6.07, 6.45) is 0.598. The predicted molar refractivity (Wildman–Crippen MR) is 117 cm³/mol. The van der Waals surface area contributed by atoms with E-state index in [1.54, 1.807) is 12.1 Å². The van der Waals surface area contributed by atoms with Crippen LogP contribution in [0.25, 0.3) is 0 Å². The average Bonchev–Trinajstić information content (AvgIpc) is 2.80. The molecule has 150 valence electrons. The molecule has 0 aromatic heterocycles. The number of halogens is 1. The maximum atomic E-state index is 13.2. The zero-order chi connectivity index (χ0) is 21.1. The Morgan fingerprint density at radius 1 is 0.967 bits per heavy atom. The lowest BCUT2D eigenvalue weighted by atomic mass is 9.86. The number of sulfonamides is 1. The van der Waals surface area contributed by atoms with Gasteiger partial charge in [-0.3, -0.25) is 0 Å². The summed E-state index contributed by atoms with van der Waals surface area (Å²) in [7, 11) is -3.83. The van der Waals surface area contributed by atoms with Gasteiger partial charge in [0, 0.05) is 10.9 Å². The van der Waals surface area contributed by atoms with E-state index in [9.17, 15) is 8.42 Å². The topological polar surface area (TPSA) is 73.5 Å². The molecule has 5 nitrogen and oxygen atoms in total. The quantitative estimate of drug-likeness (QED) is 0.591. The van der Waals surface area contributed by atoms with E-state index in [2.05, 4.69) is 5.10 Å². The van der Waals surface area contributed by atoms with E-state index in [4.69, 9.17) is 16.9 Å². The largest absolute Gasteiger partial charge is 0.279 e. The molecule has 0 N–H and O–H groups in total. The van der Waals surface area contributed by atoms with Crippen LogP contribution in [0.15, 0.2) is 88.9 Å². The van der Waals surface area contributed by atoms with E-state index in [1.165, 1.54) is 24.3 Å². The van der Waals surface area contributed by atoms with Crippen LogP contribution in [-0.4, -0.2) is 25.1 Å². The Kier molecular flexibility index (Phi) is 5.58. The van der Waals surface area contributed by atoms with E-state index in [0.717, 1.165) is 15.5 Å². The molecule has 0 radical (unpaired) electrons. The molecule has 1 atom stereocenters. The second-order valence-electron chi connectivity index (χ2n) is 6.93. The highest BCUT2D eigenvalue weighted by molar-refractivity contribution is 7.89. The van der Waals surface area contributed by atoms with Crippen molar-refractivity contribution in [3.63, 3.8) is 0 Å². The van der Waals surface area contributed by atoms with E-state index in [1.807, 2.05) is 48.5 Å². The number of benzene rings is 3. The molecular weight excluding hydrogens is 418 g/mol. The number of hydrazone groups is 1. The molecule has 1 aliphatic heterocycles. The standard InChI is InChI=1S/C23H18ClN3O2S/c24-20-10-8-19(9-11-20)23-22(18-4-2-1-3-5-18)14-15-27(26-23)30(28,29)21-12-6-17(16-25)7-13-21/h1-13,22H,14-15H2. The molecule has 1 unspecified atom stereocenters. The van der Waals surface area contributed by atoms with Gasteiger partial charge in [0.15, 0.2) is 0 Å². The van der Waals surface area contributed by atoms with Gasteiger partial charge in [-0.1, -0.05) is 54.1 Å². The highest BCUT2D eigenvalue weighted by Gasteiger charge is 2.32. The monoisotopic (exact) mass is 435 g/mol. The smallest absolute Gasteiger partial charge is 0.200 e. The number of nitrogens with zero attached hydrogens (tertiary/aromatic N) is 3. The van der Waals surface area contributed by atoms with Gasteiger partial charge in [-0.05, 0) is 53.9 Å². The van der Waals surface area contributed by atoms with Crippen molar-refractivity contribution in [3.8, 4) is 6.07 Å². The second kappa shape index (κ2) is 8.31. The van der Waals surface area contributed by atoms with Crippen LogP contribution in [0.1, 0.15) is 29.0 Å². The zero-order valence-corrected chi connectivity index (χ0v) is 17.5. The summed E-state index contributed by atoms with van der Waals surface area (Å²) in [6.45, 7) is 0.263. The number of hydrogen-bond acceptors (Lipinski definition) is 4. The first kappa shape index (κ1) is 20.1. The van der Waals surface area contributed by atoms with Gasteiger partial charge in [0.2, 0.25) is 0 Å². The predicted octanol–water partition coefficient (Wildman–Crippen LogP) is 4.79. The number of hydrogen-bond donors (Lipinski definition) is 0. The Labute approximate surface area is 180 Å². The molecule has 3 aromatic carbocycles. The van der Waals surface area contributed by atoms with Crippen LogP contribution >= 0.6 is 11.6 Å². The van der Waals surface area contributed by atoms with E-state index < -0.39 is 10.0 Å². The average molecular weight is 436 g/mol. The maximum absolute atomic E-state index is 13.2. The van der Waals surface area contributed by atoms with Gasteiger partial charge >= 0.3 is 0 Å². The van der Waals surface area contributed by atoms with Gasteiger partial charge < -0.3 is 0 Å². The van der Waals surface area contributed by atoms with Crippen molar-refractivity contribution >= 4 is 27.3 Å². The lowest BCUT2D eigenvalue weighted by molar-refractivity contribution is 0.399. The minimum absolute atomic E-state index is 0.0280. The fourth-order valence-electron chi connectivity index (χ4n) is 3.50. The fraction of sp³-hybridized carbons (Fsp3) is 0.130. The van der Waals surface area contributed by atoms with Crippen molar-refractivity contribution in [1.29, 1.82) is 5.26 Å². The van der Waals surface area contributed by atoms with Gasteiger partial charge in [0.05, 0.1) is 28.8 Å². The van der Waals surface area contributed by atoms with Crippen LogP contribution in [0.5, 0.6) is 0 Å². The molecule has 0 bridgehead atoms. The summed E-state index contributed by atoms with van der Waals surface area (Å²) in [5, 5.41) is 14.1. The molecule has 3 aromatic rings. The Morgan fingerprint density at radius 3 is 2.27 bits per heavy atom. The third kappa shape index (κ3) is 3.95. The SMILES string of the molecule is N#Cc1ccc(S(=O)(=O)N2CCC(c3ccccc3)C(c3ccc(Cl)cc3)=N2)cc1. The molecule has 30 heavy (non-hydrogen) atoms. The van der Waals surface area contributed by atoms with Gasteiger partial charge in [0.1, 0.15) is 0 Å². The minimum Gasteiger partial charge on any atom is -0.200 e. The first-order valence-corrected chi connectivity index (χ1v) is 11.2. The highest BCUT2D eigenvalue weighted by Crippen LogP contribution is 2.32. The zero-order valence-electron chi connectivity index (χ0n) is 15.9. The van der Waals surface area contributed by atoms with Gasteiger partial charge in [-0.25, -0.2) is 0 Å². The summed E-state index contributed by atoms with van der Waals surface area (Å²) in [5.41, 5.74) is 3.00. The Hall–Kier alpha value is -3.14. The van der Waals surface area contributed by atoms with Crippen molar-refractivity contribution in [3.05, 3.63) is 101 Å². The van der Waals surface area contributed by atoms with Crippen LogP contribution in [0.2, 0.25) is 5.02 Å². The molecule has 0 saturated heterocycles. The molecule has 0 aliphatic carbocycles. The van der Waals surface area contributed by atoms with E-state index in [-0.39, 0.29) is 17.4 Å². The van der Waals surface area contributed by atoms with Crippen LogP contribution < -0.4 is 0 Å². The molecule has 1 aliphatic rings. The lowest BCUT2D eigenvalue weighted by Gasteiger charge is -2.31. The summed E-state index contributed by atoms with van der Waals surface area (Å²) in [4.78, 5) is 0.110. The third-order valence-corrected chi connectivity index (χ3v) is 7.00. The van der Waals surface area contributed by atoms with Crippen LogP contribution in [0, 0.1) is 11.3 Å². The Balaban J connectivity index is 1.77. The number of nitriles is 1. The van der Waals surface area contributed by atoms with Crippen molar-refractivity contribution in [1.82, 2.24) is 4.41 Å². The lowest BCUT2D eigenvalue weighted by Crippen LogP contribution is -2.35. The molecule has 0 saturated carbocycles. The second-order valence-corrected chi connectivity index (χ2v) is 9.21. The summed E-state index contributed by atoms with van der Waals surface area (Å²) in [5.74, 6) is -0.0280. The molecule has 0 fully saturated rings. The summed E-state index contributed by atoms with van der Waals surface area (Å²) >= 11 is 6.04. The third-order valence-electron chi connectivity index (χ3n) is 5.06. The Bertz CT molecular complexity index is 1220. The molecule has 1 heterocycles. The van der Waals surface area contributed by atoms with E-state index in [0.29, 0.717) is 22.7 Å². The van der Waals surface area contributed by atoms with Crippen LogP contribution in [-0.2, 0) is 10.0 Å². The minimum atomic E-state index is -3.83. The van der Waals surface area contributed by atoms with E-state index >= 15 is 0 Å². The normalized spacial score (nSPS) is 16.6. The Morgan fingerprint density at radius 2 is 1.63 bits per heavy atom. The van der Waals surface area contributed by atoms with Crippen molar-refractivity contribution in [2.45, 2.75) is 17.2 Å². The first-order chi connectivity index (χ1) is 14.5. The van der Waals surface area contributed by atoms with Crippen molar-refractivity contribution < 1.29 is 8.42 Å². The molecule has 0 spiro atoms. The van der Waals surface area contributed by atoms with Crippen LogP contribution in [0.4, 0.5) is 0 Å².